The van der Waals surface area contributed by atoms with E-state index in [1.807, 2.05) is 0 Å². The number of carbonyl (C=O) groups is 1. The summed E-state index contributed by atoms with van der Waals surface area (Å²) in [5.41, 5.74) is -0.0904. The summed E-state index contributed by atoms with van der Waals surface area (Å²) in [6.45, 7) is 0.398. The van der Waals surface area contributed by atoms with Crippen LogP contribution in [0.15, 0.2) is 18.3 Å². The van der Waals surface area contributed by atoms with Crippen molar-refractivity contribution < 1.29 is 14.8 Å². The van der Waals surface area contributed by atoms with Gasteiger partial charge in [-0.1, -0.05) is 6.42 Å². The second-order valence-corrected chi connectivity index (χ2v) is 4.64. The first-order chi connectivity index (χ1) is 9.09. The average Bonchev–Trinajstić information content (AvgIpc) is 2.85. The van der Waals surface area contributed by atoms with E-state index in [9.17, 15) is 14.9 Å². The highest BCUT2D eigenvalue weighted by Crippen LogP contribution is 2.32. The molecule has 1 heterocycles. The zero-order valence-corrected chi connectivity index (χ0v) is 10.3. The summed E-state index contributed by atoms with van der Waals surface area (Å²) >= 11 is 0. The minimum absolute atomic E-state index is 0.000824. The first-order valence-corrected chi connectivity index (χ1v) is 6.15. The molecule has 0 aromatic carbocycles. The molecule has 19 heavy (non-hydrogen) atoms. The van der Waals surface area contributed by atoms with Gasteiger partial charge in [-0.3, -0.25) is 14.9 Å². The first-order valence-electron chi connectivity index (χ1n) is 6.15. The molecule has 2 unspecified atom stereocenters. The molecule has 0 aliphatic heterocycles. The van der Waals surface area contributed by atoms with Crippen LogP contribution in [0.3, 0.4) is 0 Å². The van der Waals surface area contributed by atoms with Gasteiger partial charge in [0.1, 0.15) is 0 Å². The molecule has 1 aromatic rings. The molecule has 0 radical (unpaired) electrons. The summed E-state index contributed by atoms with van der Waals surface area (Å²) in [5.74, 6) is -0.960. The van der Waals surface area contributed by atoms with Crippen LogP contribution < -0.4 is 5.32 Å². The molecule has 2 rings (SSSR count). The van der Waals surface area contributed by atoms with Gasteiger partial charge in [-0.15, -0.1) is 0 Å². The maximum Gasteiger partial charge on any atom is 0.311 e. The zero-order valence-electron chi connectivity index (χ0n) is 10.3. The minimum Gasteiger partial charge on any atom is -0.481 e. The predicted octanol–water partition coefficient (Wildman–Crippen LogP) is 1.90. The third-order valence-corrected chi connectivity index (χ3v) is 3.49. The van der Waals surface area contributed by atoms with E-state index in [1.54, 1.807) is 0 Å². The number of nitro groups is 1. The number of nitrogens with zero attached hydrogens (tertiary/aromatic N) is 2. The number of hydrogen-bond acceptors (Lipinski definition) is 5. The standard InChI is InChI=1S/C12H15N3O4/c16-12(17)9-4-1-3-8(9)7-14-11-10(15(18)19)5-2-6-13-11/h2,5-6,8-9H,1,3-4,7H2,(H,13,14)(H,16,17). The van der Waals surface area contributed by atoms with Crippen LogP contribution in [-0.2, 0) is 4.79 Å². The topological polar surface area (TPSA) is 105 Å². The van der Waals surface area contributed by atoms with E-state index >= 15 is 0 Å². The minimum atomic E-state index is -0.792. The molecule has 0 spiro atoms. The molecule has 0 amide bonds. The molecular formula is C12H15N3O4. The molecule has 1 aromatic heterocycles. The van der Waals surface area contributed by atoms with Crippen LogP contribution in [0, 0.1) is 22.0 Å². The van der Waals surface area contributed by atoms with E-state index in [1.165, 1.54) is 18.3 Å². The number of carboxylic acid groups (broad SMARTS) is 1. The van der Waals surface area contributed by atoms with Crippen LogP contribution in [0.5, 0.6) is 0 Å². The highest BCUT2D eigenvalue weighted by atomic mass is 16.6. The summed E-state index contributed by atoms with van der Waals surface area (Å²) in [6, 6.07) is 2.87. The van der Waals surface area contributed by atoms with Crippen molar-refractivity contribution in [1.82, 2.24) is 4.98 Å². The molecule has 7 nitrogen and oxygen atoms in total. The third-order valence-electron chi connectivity index (χ3n) is 3.49. The maximum atomic E-state index is 11.0. The number of carboxylic acids is 1. The second kappa shape index (κ2) is 5.64. The molecule has 1 saturated carbocycles. The normalized spacial score (nSPS) is 22.1. The van der Waals surface area contributed by atoms with E-state index in [0.29, 0.717) is 13.0 Å². The molecule has 7 heteroatoms. The number of nitrogens with one attached hydrogen (secondary N) is 1. The summed E-state index contributed by atoms with van der Waals surface area (Å²) in [4.78, 5) is 25.3. The van der Waals surface area contributed by atoms with Crippen LogP contribution in [-0.4, -0.2) is 27.5 Å². The zero-order chi connectivity index (χ0) is 13.8. The van der Waals surface area contributed by atoms with Gasteiger partial charge in [0.05, 0.1) is 10.8 Å². The lowest BCUT2D eigenvalue weighted by molar-refractivity contribution is -0.384. The Morgan fingerprint density at radius 1 is 1.58 bits per heavy atom. The Balaban J connectivity index is 2.03. The molecule has 0 bridgehead atoms. The van der Waals surface area contributed by atoms with Gasteiger partial charge in [0.2, 0.25) is 5.82 Å². The Morgan fingerprint density at radius 2 is 2.37 bits per heavy atom. The highest BCUT2D eigenvalue weighted by molar-refractivity contribution is 5.70. The molecule has 0 saturated heterocycles. The SMILES string of the molecule is O=C(O)C1CCCC1CNc1ncccc1[N+](=O)[O-]. The van der Waals surface area contributed by atoms with E-state index in [4.69, 9.17) is 5.11 Å². The van der Waals surface area contributed by atoms with Crippen molar-refractivity contribution in [3.63, 3.8) is 0 Å². The van der Waals surface area contributed by atoms with Gasteiger partial charge < -0.3 is 10.4 Å². The van der Waals surface area contributed by atoms with Crippen molar-refractivity contribution in [1.29, 1.82) is 0 Å². The molecular weight excluding hydrogens is 250 g/mol. The fourth-order valence-electron chi connectivity index (χ4n) is 2.51. The van der Waals surface area contributed by atoms with Crippen LogP contribution in [0.1, 0.15) is 19.3 Å². The monoisotopic (exact) mass is 265 g/mol. The van der Waals surface area contributed by atoms with Gasteiger partial charge in [0, 0.05) is 18.8 Å². The second-order valence-electron chi connectivity index (χ2n) is 4.64. The Bertz CT molecular complexity index is 492. The van der Waals surface area contributed by atoms with Gasteiger partial charge in [-0.05, 0) is 24.8 Å². The molecule has 2 atom stereocenters. The highest BCUT2D eigenvalue weighted by Gasteiger charge is 2.33. The van der Waals surface area contributed by atoms with Gasteiger partial charge >= 0.3 is 11.7 Å². The van der Waals surface area contributed by atoms with Crippen molar-refractivity contribution in [2.45, 2.75) is 19.3 Å². The van der Waals surface area contributed by atoms with E-state index in [2.05, 4.69) is 10.3 Å². The summed E-state index contributed by atoms with van der Waals surface area (Å²) in [5, 5.41) is 22.8. The van der Waals surface area contributed by atoms with E-state index in [0.717, 1.165) is 12.8 Å². The number of aromatic nitrogens is 1. The fourth-order valence-corrected chi connectivity index (χ4v) is 2.51. The summed E-state index contributed by atoms with van der Waals surface area (Å²) in [7, 11) is 0. The number of rotatable bonds is 5. The lowest BCUT2D eigenvalue weighted by atomic mass is 9.96. The lowest BCUT2D eigenvalue weighted by Crippen LogP contribution is -2.24. The van der Waals surface area contributed by atoms with Crippen molar-refractivity contribution in [3.8, 4) is 0 Å². The first kappa shape index (κ1) is 13.3. The largest absolute Gasteiger partial charge is 0.481 e. The number of anilines is 1. The predicted molar refractivity (Wildman–Crippen MR) is 67.8 cm³/mol. The molecule has 1 fully saturated rings. The third kappa shape index (κ3) is 2.98. The van der Waals surface area contributed by atoms with Gasteiger partial charge in [0.15, 0.2) is 0 Å². The van der Waals surface area contributed by atoms with Crippen molar-refractivity contribution in [2.24, 2.45) is 11.8 Å². The Hall–Kier alpha value is -2.18. The van der Waals surface area contributed by atoms with Crippen LogP contribution in [0.4, 0.5) is 11.5 Å². The van der Waals surface area contributed by atoms with E-state index < -0.39 is 10.9 Å². The van der Waals surface area contributed by atoms with Crippen LogP contribution in [0.2, 0.25) is 0 Å². The van der Waals surface area contributed by atoms with E-state index in [-0.39, 0.29) is 23.3 Å². The maximum absolute atomic E-state index is 11.0. The molecule has 1 aliphatic rings. The molecule has 1 aliphatic carbocycles. The Kier molecular flexibility index (Phi) is 3.94. The Morgan fingerprint density at radius 3 is 3.05 bits per heavy atom. The van der Waals surface area contributed by atoms with Gasteiger partial charge in [-0.2, -0.15) is 0 Å². The van der Waals surface area contributed by atoms with Crippen molar-refractivity contribution in [3.05, 3.63) is 28.4 Å². The van der Waals surface area contributed by atoms with Gasteiger partial charge in [0.25, 0.3) is 0 Å². The summed E-state index contributed by atoms with van der Waals surface area (Å²) in [6.07, 6.45) is 3.85. The van der Waals surface area contributed by atoms with Crippen molar-refractivity contribution in [2.75, 3.05) is 11.9 Å². The van der Waals surface area contributed by atoms with Crippen LogP contribution in [0.25, 0.3) is 0 Å². The average molecular weight is 265 g/mol. The lowest BCUT2D eigenvalue weighted by Gasteiger charge is -2.16. The fraction of sp³-hybridized carbons (Fsp3) is 0.500. The molecule has 102 valence electrons. The smallest absolute Gasteiger partial charge is 0.311 e. The van der Waals surface area contributed by atoms with Crippen LogP contribution >= 0.6 is 0 Å². The number of hydrogen-bond donors (Lipinski definition) is 2. The quantitative estimate of drug-likeness (QED) is 0.622. The number of pyridine rings is 1. The summed E-state index contributed by atoms with van der Waals surface area (Å²) < 4.78 is 0. The molecule has 2 N–H and O–H groups in total. The Labute approximate surface area is 109 Å². The van der Waals surface area contributed by atoms with Crippen molar-refractivity contribution >= 4 is 17.5 Å². The van der Waals surface area contributed by atoms with Gasteiger partial charge in [-0.25, -0.2) is 4.98 Å². The number of aliphatic carboxylic acids is 1.